The van der Waals surface area contributed by atoms with Gasteiger partial charge in [-0.2, -0.15) is 0 Å². The lowest BCUT2D eigenvalue weighted by Crippen LogP contribution is -2.40. The number of anilines is 1. The van der Waals surface area contributed by atoms with E-state index in [1.165, 1.54) is 16.8 Å². The predicted molar refractivity (Wildman–Crippen MR) is 126 cm³/mol. The fraction of sp³-hybridized carbons (Fsp3) is 0.208. The van der Waals surface area contributed by atoms with Crippen molar-refractivity contribution in [2.45, 2.75) is 30.6 Å². The minimum atomic E-state index is -3.48. The van der Waals surface area contributed by atoms with Gasteiger partial charge in [-0.25, -0.2) is 22.5 Å². The number of aromatic nitrogens is 1. The van der Waals surface area contributed by atoms with E-state index in [0.29, 0.717) is 12.2 Å². The first kappa shape index (κ1) is 23.8. The minimum absolute atomic E-state index is 0.0713. The molecule has 2 aromatic carbocycles. The van der Waals surface area contributed by atoms with Crippen molar-refractivity contribution in [3.05, 3.63) is 89.3 Å². The molecule has 2 heterocycles. The summed E-state index contributed by atoms with van der Waals surface area (Å²) in [4.78, 5) is 13.1. The maximum absolute atomic E-state index is 13.5. The van der Waals surface area contributed by atoms with Gasteiger partial charge in [-0.15, -0.1) is 0 Å². The Morgan fingerprint density at radius 3 is 2.68 bits per heavy atom. The van der Waals surface area contributed by atoms with Crippen molar-refractivity contribution in [1.82, 2.24) is 9.29 Å². The summed E-state index contributed by atoms with van der Waals surface area (Å²) in [5, 5.41) is 2.52. The second kappa shape index (κ2) is 9.49. The second-order valence-electron chi connectivity index (χ2n) is 8.01. The molecule has 7 nitrogen and oxygen atoms in total. The van der Waals surface area contributed by atoms with Crippen LogP contribution in [0.5, 0.6) is 0 Å². The lowest BCUT2D eigenvalue weighted by Gasteiger charge is -2.22. The summed E-state index contributed by atoms with van der Waals surface area (Å²) < 4.78 is 58.7. The molecule has 0 saturated heterocycles. The SMILES string of the molecule is C[C@@H](OCc1ccccc1)C1C=Cc2c(cn(C)c2C(=O)Nc2ccc(F)c(F)c2)S(=N)(=O)N1. The van der Waals surface area contributed by atoms with E-state index in [1.54, 1.807) is 19.2 Å². The second-order valence-corrected chi connectivity index (χ2v) is 9.80. The average molecular weight is 487 g/mol. The first-order valence-corrected chi connectivity index (χ1v) is 12.1. The summed E-state index contributed by atoms with van der Waals surface area (Å²) in [5.74, 6) is -2.72. The third kappa shape index (κ3) is 4.93. The average Bonchev–Trinajstić information content (AvgIpc) is 3.09. The molecule has 1 amide bonds. The fourth-order valence-corrected chi connectivity index (χ4v) is 5.27. The first-order valence-electron chi connectivity index (χ1n) is 10.5. The molecule has 0 bridgehead atoms. The van der Waals surface area contributed by atoms with Crippen molar-refractivity contribution in [3.8, 4) is 0 Å². The molecular weight excluding hydrogens is 462 g/mol. The molecule has 0 radical (unpaired) electrons. The fourth-order valence-electron chi connectivity index (χ4n) is 3.71. The van der Waals surface area contributed by atoms with Gasteiger partial charge in [0.2, 0.25) is 0 Å². The van der Waals surface area contributed by atoms with Gasteiger partial charge in [0.25, 0.3) is 5.91 Å². The van der Waals surface area contributed by atoms with Gasteiger partial charge in [0.05, 0.1) is 23.6 Å². The molecular formula is C24H24F2N4O3S. The van der Waals surface area contributed by atoms with E-state index in [4.69, 9.17) is 9.52 Å². The van der Waals surface area contributed by atoms with Crippen LogP contribution in [0.2, 0.25) is 0 Å². The smallest absolute Gasteiger partial charge is 0.272 e. The maximum Gasteiger partial charge on any atom is 0.272 e. The van der Waals surface area contributed by atoms with Gasteiger partial charge in [-0.3, -0.25) is 4.79 Å². The standard InChI is InChI=1S/C24H24F2N4O3S/c1-15(33-14-16-6-4-3-5-7-16)21-11-9-18-22(34(27,32)29-21)13-30(2)23(18)24(31)28-17-8-10-19(25)20(26)12-17/h3-13,15,21H,14H2,1-2H3,(H,28,31)(H2,27,29,32)/t15-,21?,34?/m1/s1. The first-order chi connectivity index (χ1) is 16.2. The largest absolute Gasteiger partial charge is 0.372 e. The molecule has 0 aliphatic carbocycles. The van der Waals surface area contributed by atoms with Crippen LogP contribution in [0.15, 0.2) is 65.7 Å². The van der Waals surface area contributed by atoms with Crippen molar-refractivity contribution in [2.24, 2.45) is 7.05 Å². The summed E-state index contributed by atoms with van der Waals surface area (Å²) in [6.07, 6.45) is 4.39. The van der Waals surface area contributed by atoms with Gasteiger partial charge in [-0.05, 0) is 24.6 Å². The third-order valence-corrected chi connectivity index (χ3v) is 7.07. The molecule has 2 unspecified atom stereocenters. The van der Waals surface area contributed by atoms with E-state index in [2.05, 4.69) is 10.0 Å². The zero-order valence-corrected chi connectivity index (χ0v) is 19.4. The molecule has 0 spiro atoms. The van der Waals surface area contributed by atoms with E-state index in [0.717, 1.165) is 17.7 Å². The molecule has 3 N–H and O–H groups in total. The Morgan fingerprint density at radius 2 is 1.97 bits per heavy atom. The Hall–Kier alpha value is -3.34. The van der Waals surface area contributed by atoms with Crippen LogP contribution in [0.4, 0.5) is 14.5 Å². The van der Waals surface area contributed by atoms with Crippen LogP contribution in [0.3, 0.4) is 0 Å². The van der Waals surface area contributed by atoms with Crippen molar-refractivity contribution < 1.29 is 22.5 Å². The number of rotatable bonds is 6. The highest BCUT2D eigenvalue weighted by atomic mass is 32.2. The summed E-state index contributed by atoms with van der Waals surface area (Å²) >= 11 is 0. The van der Waals surface area contributed by atoms with Crippen LogP contribution in [0.25, 0.3) is 6.08 Å². The number of ether oxygens (including phenoxy) is 1. The van der Waals surface area contributed by atoms with E-state index >= 15 is 0 Å². The number of carbonyl (C=O) groups excluding carboxylic acids is 1. The molecule has 10 heteroatoms. The minimum Gasteiger partial charge on any atom is -0.372 e. The highest BCUT2D eigenvalue weighted by Gasteiger charge is 2.30. The molecule has 4 rings (SSSR count). The number of carbonyl (C=O) groups is 1. The Morgan fingerprint density at radius 1 is 1.24 bits per heavy atom. The van der Waals surface area contributed by atoms with Gasteiger partial charge >= 0.3 is 0 Å². The van der Waals surface area contributed by atoms with Crippen molar-refractivity contribution in [3.63, 3.8) is 0 Å². The molecule has 3 atom stereocenters. The number of benzene rings is 2. The van der Waals surface area contributed by atoms with Crippen LogP contribution in [-0.2, 0) is 28.3 Å². The highest BCUT2D eigenvalue weighted by Crippen LogP contribution is 2.28. The number of hydrogen-bond acceptors (Lipinski definition) is 4. The Bertz CT molecular complexity index is 1350. The topological polar surface area (TPSA) is 96.2 Å². The highest BCUT2D eigenvalue weighted by molar-refractivity contribution is 7.90. The predicted octanol–water partition coefficient (Wildman–Crippen LogP) is 4.47. The number of halogens is 2. The Balaban J connectivity index is 1.58. The summed E-state index contributed by atoms with van der Waals surface area (Å²) in [6.45, 7) is 2.16. The van der Waals surface area contributed by atoms with Crippen LogP contribution in [0.1, 0.15) is 28.5 Å². The normalized spacial score (nSPS) is 20.4. The van der Waals surface area contributed by atoms with Gasteiger partial charge in [0.1, 0.15) is 15.6 Å². The van der Waals surface area contributed by atoms with E-state index in [1.807, 2.05) is 37.3 Å². The Labute approximate surface area is 196 Å². The molecule has 3 aromatic rings. The molecule has 1 aliphatic rings. The number of nitrogens with zero attached hydrogens (tertiary/aromatic N) is 1. The molecule has 34 heavy (non-hydrogen) atoms. The zero-order valence-electron chi connectivity index (χ0n) is 18.5. The maximum atomic E-state index is 13.5. The van der Waals surface area contributed by atoms with Crippen molar-refractivity contribution in [2.75, 3.05) is 5.32 Å². The number of aryl methyl sites for hydroxylation is 1. The van der Waals surface area contributed by atoms with Crippen LogP contribution >= 0.6 is 0 Å². The quantitative estimate of drug-likeness (QED) is 0.480. The molecule has 1 aromatic heterocycles. The number of hydrogen-bond donors (Lipinski definition) is 3. The van der Waals surface area contributed by atoms with Crippen LogP contribution in [-0.4, -0.2) is 26.8 Å². The van der Waals surface area contributed by atoms with Gasteiger partial charge < -0.3 is 14.6 Å². The van der Waals surface area contributed by atoms with Crippen LogP contribution in [0, 0.1) is 16.4 Å². The summed E-state index contributed by atoms with van der Waals surface area (Å²) in [6, 6.07) is 12.1. The number of nitrogens with one attached hydrogen (secondary N) is 3. The van der Waals surface area contributed by atoms with E-state index in [9.17, 15) is 17.8 Å². The monoisotopic (exact) mass is 486 g/mol. The summed E-state index contributed by atoms with van der Waals surface area (Å²) in [5.41, 5.74) is 1.50. The molecule has 0 fully saturated rings. The number of amides is 1. The van der Waals surface area contributed by atoms with Gasteiger partial charge in [-0.1, -0.05) is 42.5 Å². The molecule has 178 valence electrons. The third-order valence-electron chi connectivity index (χ3n) is 5.52. The lowest BCUT2D eigenvalue weighted by molar-refractivity contribution is 0.0425. The van der Waals surface area contributed by atoms with Crippen molar-refractivity contribution in [1.29, 1.82) is 4.78 Å². The molecule has 0 saturated carbocycles. The molecule has 1 aliphatic heterocycles. The van der Waals surface area contributed by atoms with E-state index in [-0.39, 0.29) is 16.3 Å². The van der Waals surface area contributed by atoms with Crippen LogP contribution < -0.4 is 10.0 Å². The lowest BCUT2D eigenvalue weighted by atomic mass is 10.1. The van der Waals surface area contributed by atoms with Gasteiger partial charge in [0, 0.05) is 30.6 Å². The number of fused-ring (bicyclic) bond motifs is 1. The van der Waals surface area contributed by atoms with Gasteiger partial charge in [0.15, 0.2) is 11.6 Å². The summed E-state index contributed by atoms with van der Waals surface area (Å²) in [7, 11) is -1.89. The van der Waals surface area contributed by atoms with E-state index < -0.39 is 39.6 Å². The zero-order chi connectivity index (χ0) is 24.5. The van der Waals surface area contributed by atoms with Crippen molar-refractivity contribution >= 4 is 27.6 Å². The Kier molecular flexibility index (Phi) is 6.65.